The summed E-state index contributed by atoms with van der Waals surface area (Å²) in [6.07, 6.45) is 0.719. The van der Waals surface area contributed by atoms with E-state index < -0.39 is 0 Å². The number of methoxy groups -OCH3 is 1. The number of pyridine rings is 1. The van der Waals surface area contributed by atoms with Gasteiger partial charge in [0.1, 0.15) is 11.4 Å². The predicted octanol–water partition coefficient (Wildman–Crippen LogP) is 2.10. The van der Waals surface area contributed by atoms with Gasteiger partial charge in [0.05, 0.1) is 0 Å². The molecule has 0 bridgehead atoms. The highest BCUT2D eigenvalue weighted by Crippen LogP contribution is 2.08. The van der Waals surface area contributed by atoms with Crippen LogP contribution in [0.15, 0.2) is 48.5 Å². The molecule has 1 aromatic heterocycles. The molecule has 0 aliphatic carbocycles. The molecule has 1 heterocycles. The Hall–Kier alpha value is -2.73. The molecule has 0 fully saturated rings. The normalized spacial score (nSPS) is 10.1. The minimum absolute atomic E-state index is 0.193. The van der Waals surface area contributed by atoms with Gasteiger partial charge >= 0.3 is 0 Å². The molecule has 2 aromatic rings. The lowest BCUT2D eigenvalue weighted by Gasteiger charge is -2.07. The first-order valence-electron chi connectivity index (χ1n) is 7.31. The molecule has 0 radical (unpaired) electrons. The van der Waals surface area contributed by atoms with Crippen molar-refractivity contribution in [3.05, 3.63) is 59.9 Å². The van der Waals surface area contributed by atoms with Crippen LogP contribution in [0.25, 0.3) is 0 Å². The largest absolute Gasteiger partial charge is 0.385 e. The van der Waals surface area contributed by atoms with Gasteiger partial charge in [0.2, 0.25) is 0 Å². The Morgan fingerprint density at radius 3 is 2.39 bits per heavy atom. The lowest BCUT2D eigenvalue weighted by Crippen LogP contribution is -2.27. The zero-order chi connectivity index (χ0) is 16.5. The minimum Gasteiger partial charge on any atom is -0.385 e. The van der Waals surface area contributed by atoms with Crippen molar-refractivity contribution in [3.63, 3.8) is 0 Å². The fourth-order valence-corrected chi connectivity index (χ4v) is 1.91. The van der Waals surface area contributed by atoms with Crippen LogP contribution in [0, 0.1) is 0 Å². The molecule has 2 rings (SSSR count). The lowest BCUT2D eigenvalue weighted by molar-refractivity contribution is 0.0943. The quantitative estimate of drug-likeness (QED) is 0.767. The molecule has 23 heavy (non-hydrogen) atoms. The van der Waals surface area contributed by atoms with Gasteiger partial charge in [-0.15, -0.1) is 0 Å². The van der Waals surface area contributed by atoms with E-state index in [1.165, 1.54) is 0 Å². The Kier molecular flexibility index (Phi) is 6.26. The van der Waals surface area contributed by atoms with E-state index in [0.717, 1.165) is 6.42 Å². The van der Waals surface area contributed by atoms with Crippen molar-refractivity contribution in [2.75, 3.05) is 25.6 Å². The van der Waals surface area contributed by atoms with E-state index in [2.05, 4.69) is 15.6 Å². The standard InChI is InChI=1S/C17H19N3O3/c1-23-12-6-11-18-16(21)14-9-5-10-15(20-14)17(22)19-13-7-3-2-4-8-13/h2-5,7-10H,6,11-12H2,1H3,(H,18,21)(H,19,22). The van der Waals surface area contributed by atoms with Crippen molar-refractivity contribution in [1.29, 1.82) is 0 Å². The molecule has 0 aliphatic rings. The zero-order valence-corrected chi connectivity index (χ0v) is 12.9. The van der Waals surface area contributed by atoms with Crippen molar-refractivity contribution in [1.82, 2.24) is 10.3 Å². The molecule has 0 saturated heterocycles. The Morgan fingerprint density at radius 1 is 1.00 bits per heavy atom. The Morgan fingerprint density at radius 2 is 1.70 bits per heavy atom. The van der Waals surface area contributed by atoms with Crippen molar-refractivity contribution >= 4 is 17.5 Å². The highest BCUT2D eigenvalue weighted by molar-refractivity contribution is 6.03. The number of rotatable bonds is 7. The Bertz CT molecular complexity index is 659. The average Bonchev–Trinajstić information content (AvgIpc) is 2.59. The molecular weight excluding hydrogens is 294 g/mol. The van der Waals surface area contributed by atoms with Gasteiger partial charge in [-0.2, -0.15) is 0 Å². The first-order valence-corrected chi connectivity index (χ1v) is 7.31. The van der Waals surface area contributed by atoms with E-state index in [9.17, 15) is 9.59 Å². The van der Waals surface area contributed by atoms with Gasteiger partial charge in [-0.3, -0.25) is 9.59 Å². The number of para-hydroxylation sites is 1. The monoisotopic (exact) mass is 313 g/mol. The molecule has 0 unspecified atom stereocenters. The number of nitrogens with one attached hydrogen (secondary N) is 2. The number of ether oxygens (including phenoxy) is 1. The maximum atomic E-state index is 12.2. The van der Waals surface area contributed by atoms with Crippen LogP contribution in [-0.4, -0.2) is 37.1 Å². The second-order valence-electron chi connectivity index (χ2n) is 4.83. The molecule has 0 spiro atoms. The topological polar surface area (TPSA) is 80.3 Å². The van der Waals surface area contributed by atoms with E-state index in [1.807, 2.05) is 18.2 Å². The van der Waals surface area contributed by atoms with Crippen molar-refractivity contribution < 1.29 is 14.3 Å². The smallest absolute Gasteiger partial charge is 0.274 e. The van der Waals surface area contributed by atoms with E-state index in [1.54, 1.807) is 37.4 Å². The maximum Gasteiger partial charge on any atom is 0.274 e. The summed E-state index contributed by atoms with van der Waals surface area (Å²) in [7, 11) is 1.61. The Balaban J connectivity index is 1.98. The number of benzene rings is 1. The van der Waals surface area contributed by atoms with Crippen molar-refractivity contribution in [3.8, 4) is 0 Å². The second-order valence-corrected chi connectivity index (χ2v) is 4.83. The van der Waals surface area contributed by atoms with E-state index in [0.29, 0.717) is 18.8 Å². The summed E-state index contributed by atoms with van der Waals surface area (Å²) in [6, 6.07) is 13.9. The first kappa shape index (κ1) is 16.6. The van der Waals surface area contributed by atoms with Gasteiger partial charge in [-0.05, 0) is 30.7 Å². The molecular formula is C17H19N3O3. The van der Waals surface area contributed by atoms with Gasteiger partial charge < -0.3 is 15.4 Å². The van der Waals surface area contributed by atoms with Crippen LogP contribution in [0.1, 0.15) is 27.4 Å². The summed E-state index contributed by atoms with van der Waals surface area (Å²) in [6.45, 7) is 1.07. The van der Waals surface area contributed by atoms with Crippen LogP contribution in [-0.2, 0) is 4.74 Å². The maximum absolute atomic E-state index is 12.2. The molecule has 6 nitrogen and oxygen atoms in total. The zero-order valence-electron chi connectivity index (χ0n) is 12.9. The van der Waals surface area contributed by atoms with E-state index in [-0.39, 0.29) is 23.2 Å². The number of amides is 2. The summed E-state index contributed by atoms with van der Waals surface area (Å²) in [5, 5.41) is 5.47. The number of nitrogens with zero attached hydrogens (tertiary/aromatic N) is 1. The van der Waals surface area contributed by atoms with Crippen molar-refractivity contribution in [2.45, 2.75) is 6.42 Å². The number of hydrogen-bond acceptors (Lipinski definition) is 4. The van der Waals surface area contributed by atoms with Gasteiger partial charge in [0.25, 0.3) is 11.8 Å². The first-order chi connectivity index (χ1) is 11.2. The third-order valence-electron chi connectivity index (χ3n) is 3.06. The summed E-state index contributed by atoms with van der Waals surface area (Å²) >= 11 is 0. The molecule has 2 amide bonds. The van der Waals surface area contributed by atoms with Crippen LogP contribution in [0.2, 0.25) is 0 Å². The molecule has 6 heteroatoms. The van der Waals surface area contributed by atoms with Gasteiger partial charge in [-0.25, -0.2) is 4.98 Å². The summed E-state index contributed by atoms with van der Waals surface area (Å²) in [4.78, 5) is 28.3. The second kappa shape index (κ2) is 8.65. The van der Waals surface area contributed by atoms with E-state index in [4.69, 9.17) is 4.74 Å². The predicted molar refractivity (Wildman–Crippen MR) is 87.5 cm³/mol. The number of anilines is 1. The minimum atomic E-state index is -0.356. The Labute approximate surface area is 134 Å². The lowest BCUT2D eigenvalue weighted by atomic mass is 10.2. The SMILES string of the molecule is COCCCNC(=O)c1cccc(C(=O)Nc2ccccc2)n1. The average molecular weight is 313 g/mol. The number of hydrogen-bond donors (Lipinski definition) is 2. The van der Waals surface area contributed by atoms with Gasteiger partial charge in [-0.1, -0.05) is 24.3 Å². The van der Waals surface area contributed by atoms with Crippen LogP contribution >= 0.6 is 0 Å². The summed E-state index contributed by atoms with van der Waals surface area (Å²) in [5.41, 5.74) is 1.08. The summed E-state index contributed by atoms with van der Waals surface area (Å²) in [5.74, 6) is -0.666. The molecule has 2 N–H and O–H groups in total. The molecule has 0 atom stereocenters. The molecule has 0 saturated carbocycles. The molecule has 120 valence electrons. The van der Waals surface area contributed by atoms with E-state index >= 15 is 0 Å². The highest BCUT2D eigenvalue weighted by atomic mass is 16.5. The highest BCUT2D eigenvalue weighted by Gasteiger charge is 2.12. The fraction of sp³-hybridized carbons (Fsp3) is 0.235. The van der Waals surface area contributed by atoms with Crippen LogP contribution in [0.4, 0.5) is 5.69 Å². The number of carbonyl (C=O) groups is 2. The summed E-state index contributed by atoms with van der Waals surface area (Å²) < 4.78 is 4.92. The molecule has 1 aromatic carbocycles. The van der Waals surface area contributed by atoms with Crippen molar-refractivity contribution in [2.24, 2.45) is 0 Å². The van der Waals surface area contributed by atoms with Gasteiger partial charge in [0.15, 0.2) is 0 Å². The van der Waals surface area contributed by atoms with Gasteiger partial charge in [0, 0.05) is 25.9 Å². The van der Waals surface area contributed by atoms with Crippen LogP contribution in [0.3, 0.4) is 0 Å². The van der Waals surface area contributed by atoms with Crippen LogP contribution < -0.4 is 10.6 Å². The molecule has 0 aliphatic heterocycles. The fourth-order valence-electron chi connectivity index (χ4n) is 1.91. The number of aromatic nitrogens is 1. The van der Waals surface area contributed by atoms with Crippen LogP contribution in [0.5, 0.6) is 0 Å². The third-order valence-corrected chi connectivity index (χ3v) is 3.06. The number of carbonyl (C=O) groups excluding carboxylic acids is 2. The third kappa shape index (κ3) is 5.19.